The van der Waals surface area contributed by atoms with E-state index in [4.69, 9.17) is 4.42 Å². The number of nitrogens with zero attached hydrogens (tertiary/aromatic N) is 3. The molecule has 2 N–H and O–H groups in total. The lowest BCUT2D eigenvalue weighted by atomic mass is 10.2. The number of benzene rings is 1. The van der Waals surface area contributed by atoms with Gasteiger partial charge in [0, 0.05) is 30.5 Å². The summed E-state index contributed by atoms with van der Waals surface area (Å²) in [4.78, 5) is 20.3. The lowest BCUT2D eigenvalue weighted by molar-refractivity contribution is 0.239. The van der Waals surface area contributed by atoms with E-state index in [1.54, 1.807) is 18.7 Å². The van der Waals surface area contributed by atoms with Crippen molar-refractivity contribution in [2.75, 3.05) is 0 Å². The number of imidazole rings is 1. The summed E-state index contributed by atoms with van der Waals surface area (Å²) >= 11 is 0. The molecule has 7 nitrogen and oxygen atoms in total. The first-order valence-electron chi connectivity index (χ1n) is 8.20. The molecule has 0 bridgehead atoms. The third-order valence-corrected chi connectivity index (χ3v) is 3.93. The van der Waals surface area contributed by atoms with Crippen molar-refractivity contribution in [2.24, 2.45) is 0 Å². The van der Waals surface area contributed by atoms with Gasteiger partial charge in [-0.15, -0.1) is 0 Å². The summed E-state index contributed by atoms with van der Waals surface area (Å²) in [5.74, 6) is 1.47. The van der Waals surface area contributed by atoms with Crippen molar-refractivity contribution in [3.8, 4) is 5.82 Å². The van der Waals surface area contributed by atoms with Gasteiger partial charge in [0.05, 0.1) is 6.54 Å². The van der Waals surface area contributed by atoms with E-state index in [0.29, 0.717) is 18.8 Å². The zero-order chi connectivity index (χ0) is 17.8. The van der Waals surface area contributed by atoms with E-state index in [0.717, 1.165) is 22.4 Å². The van der Waals surface area contributed by atoms with Gasteiger partial charge in [0.2, 0.25) is 0 Å². The Balaban J connectivity index is 1.32. The van der Waals surface area contributed by atoms with Gasteiger partial charge in [0.15, 0.2) is 0 Å². The summed E-state index contributed by atoms with van der Waals surface area (Å²) in [6.45, 7) is 0.729. The van der Waals surface area contributed by atoms with Crippen LogP contribution in [0.4, 0.5) is 4.79 Å². The van der Waals surface area contributed by atoms with Crippen molar-refractivity contribution in [2.45, 2.75) is 13.1 Å². The third kappa shape index (κ3) is 3.56. The van der Waals surface area contributed by atoms with E-state index in [9.17, 15) is 4.79 Å². The van der Waals surface area contributed by atoms with E-state index in [1.165, 1.54) is 0 Å². The average Bonchev–Trinajstić information content (AvgIpc) is 3.34. The summed E-state index contributed by atoms with van der Waals surface area (Å²) in [5.41, 5.74) is 1.76. The zero-order valence-corrected chi connectivity index (χ0v) is 13.9. The molecule has 0 unspecified atom stereocenters. The predicted octanol–water partition coefficient (Wildman–Crippen LogP) is 3.01. The molecule has 4 aromatic rings. The van der Waals surface area contributed by atoms with E-state index in [2.05, 4.69) is 20.6 Å². The van der Waals surface area contributed by atoms with Crippen LogP contribution in [0.1, 0.15) is 11.3 Å². The largest absolute Gasteiger partial charge is 0.459 e. The number of amides is 2. The number of furan rings is 1. The highest BCUT2D eigenvalue weighted by atomic mass is 16.3. The molecule has 0 fully saturated rings. The molecule has 0 aliphatic carbocycles. The number of urea groups is 1. The lowest BCUT2D eigenvalue weighted by Gasteiger charge is -2.08. The fourth-order valence-electron chi connectivity index (χ4n) is 2.64. The normalized spacial score (nSPS) is 10.8. The molecular weight excluding hydrogens is 330 g/mol. The van der Waals surface area contributed by atoms with E-state index in [1.807, 2.05) is 53.2 Å². The van der Waals surface area contributed by atoms with Gasteiger partial charge in [0.1, 0.15) is 23.5 Å². The number of carbonyl (C=O) groups excluding carboxylic acids is 1. The van der Waals surface area contributed by atoms with E-state index < -0.39 is 0 Å². The van der Waals surface area contributed by atoms with Crippen LogP contribution < -0.4 is 10.6 Å². The van der Waals surface area contributed by atoms with Crippen molar-refractivity contribution in [1.29, 1.82) is 0 Å². The topological polar surface area (TPSA) is 85.0 Å². The van der Waals surface area contributed by atoms with Crippen LogP contribution in [0.25, 0.3) is 16.8 Å². The van der Waals surface area contributed by atoms with Gasteiger partial charge < -0.3 is 15.1 Å². The fourth-order valence-corrected chi connectivity index (χ4v) is 2.64. The first kappa shape index (κ1) is 15.9. The molecule has 0 aliphatic rings. The van der Waals surface area contributed by atoms with E-state index in [-0.39, 0.29) is 6.03 Å². The van der Waals surface area contributed by atoms with Crippen LogP contribution in [0.2, 0.25) is 0 Å². The minimum atomic E-state index is -0.258. The van der Waals surface area contributed by atoms with Crippen LogP contribution in [0.3, 0.4) is 0 Å². The first-order valence-corrected chi connectivity index (χ1v) is 8.20. The summed E-state index contributed by atoms with van der Waals surface area (Å²) < 4.78 is 7.49. The molecule has 0 aliphatic heterocycles. The highest BCUT2D eigenvalue weighted by Gasteiger charge is 2.06. The van der Waals surface area contributed by atoms with Gasteiger partial charge in [-0.3, -0.25) is 4.57 Å². The van der Waals surface area contributed by atoms with Crippen molar-refractivity contribution in [3.05, 3.63) is 78.7 Å². The molecule has 1 aromatic carbocycles. The standard InChI is InChI=1S/C19H17N5O2/c25-19(23-12-16-10-15-3-1-2-4-17(15)26-16)22-11-14-5-6-21-18(9-14)24-8-7-20-13-24/h1-10,13H,11-12H2,(H2,22,23,25). The number of fused-ring (bicyclic) bond motifs is 1. The van der Waals surface area contributed by atoms with Gasteiger partial charge in [-0.25, -0.2) is 14.8 Å². The maximum atomic E-state index is 12.0. The third-order valence-electron chi connectivity index (χ3n) is 3.93. The molecule has 0 spiro atoms. The Morgan fingerprint density at radius 3 is 2.81 bits per heavy atom. The molecule has 3 heterocycles. The highest BCUT2D eigenvalue weighted by Crippen LogP contribution is 2.18. The van der Waals surface area contributed by atoms with Crippen molar-refractivity contribution in [3.63, 3.8) is 0 Å². The summed E-state index contributed by atoms with van der Waals surface area (Å²) in [6, 6.07) is 13.2. The summed E-state index contributed by atoms with van der Waals surface area (Å²) in [5, 5.41) is 6.65. The first-order chi connectivity index (χ1) is 12.8. The minimum absolute atomic E-state index is 0.258. The van der Waals surface area contributed by atoms with Crippen LogP contribution in [0.15, 0.2) is 71.8 Å². The Labute approximate surface area is 149 Å². The van der Waals surface area contributed by atoms with Gasteiger partial charge in [0.25, 0.3) is 0 Å². The van der Waals surface area contributed by atoms with Crippen LogP contribution in [-0.4, -0.2) is 20.6 Å². The maximum Gasteiger partial charge on any atom is 0.315 e. The van der Waals surface area contributed by atoms with Crippen molar-refractivity contribution in [1.82, 2.24) is 25.2 Å². The molecule has 0 atom stereocenters. The zero-order valence-electron chi connectivity index (χ0n) is 13.9. The quantitative estimate of drug-likeness (QED) is 0.581. The number of hydrogen-bond donors (Lipinski definition) is 2. The fraction of sp³-hybridized carbons (Fsp3) is 0.105. The summed E-state index contributed by atoms with van der Waals surface area (Å²) in [7, 11) is 0. The van der Waals surface area contributed by atoms with Crippen molar-refractivity contribution >= 4 is 17.0 Å². The number of nitrogens with one attached hydrogen (secondary N) is 2. The Kier molecular flexibility index (Phi) is 4.34. The number of rotatable bonds is 5. The highest BCUT2D eigenvalue weighted by molar-refractivity contribution is 5.78. The second kappa shape index (κ2) is 7.10. The summed E-state index contributed by atoms with van der Waals surface area (Å²) in [6.07, 6.45) is 6.90. The number of hydrogen-bond acceptors (Lipinski definition) is 4. The molecule has 0 saturated carbocycles. The Hall–Kier alpha value is -3.61. The molecule has 3 aromatic heterocycles. The molecule has 0 saturated heterocycles. The van der Waals surface area contributed by atoms with Gasteiger partial charge in [-0.2, -0.15) is 0 Å². The van der Waals surface area contributed by atoms with Crippen LogP contribution in [-0.2, 0) is 13.1 Å². The SMILES string of the molecule is O=C(NCc1ccnc(-n2ccnc2)c1)NCc1cc2ccccc2o1. The van der Waals surface area contributed by atoms with Crippen LogP contribution >= 0.6 is 0 Å². The molecule has 26 heavy (non-hydrogen) atoms. The van der Waals surface area contributed by atoms with E-state index >= 15 is 0 Å². The number of carbonyl (C=O) groups is 1. The molecule has 2 amide bonds. The molecule has 7 heteroatoms. The minimum Gasteiger partial charge on any atom is -0.459 e. The number of para-hydroxylation sites is 1. The Morgan fingerprint density at radius 1 is 1.08 bits per heavy atom. The Morgan fingerprint density at radius 2 is 1.96 bits per heavy atom. The molecule has 4 rings (SSSR count). The molecule has 130 valence electrons. The van der Waals surface area contributed by atoms with Crippen LogP contribution in [0.5, 0.6) is 0 Å². The smallest absolute Gasteiger partial charge is 0.315 e. The predicted molar refractivity (Wildman–Crippen MR) is 96.6 cm³/mol. The molecular formula is C19H17N5O2. The van der Waals surface area contributed by atoms with Gasteiger partial charge in [-0.1, -0.05) is 18.2 Å². The second-order valence-corrected chi connectivity index (χ2v) is 5.78. The van der Waals surface area contributed by atoms with Gasteiger partial charge in [-0.05, 0) is 29.8 Å². The number of aromatic nitrogens is 3. The van der Waals surface area contributed by atoms with Gasteiger partial charge >= 0.3 is 6.03 Å². The van der Waals surface area contributed by atoms with Crippen LogP contribution in [0, 0.1) is 0 Å². The maximum absolute atomic E-state index is 12.0. The van der Waals surface area contributed by atoms with Crippen molar-refractivity contribution < 1.29 is 9.21 Å². The average molecular weight is 347 g/mol. The number of pyridine rings is 1. The monoisotopic (exact) mass is 347 g/mol. The molecule has 0 radical (unpaired) electrons. The Bertz CT molecular complexity index is 990. The second-order valence-electron chi connectivity index (χ2n) is 5.78. The lowest BCUT2D eigenvalue weighted by Crippen LogP contribution is -2.34.